The lowest BCUT2D eigenvalue weighted by Gasteiger charge is -2.41. The summed E-state index contributed by atoms with van der Waals surface area (Å²) < 4.78 is 50.7. The number of alkyl halides is 3. The number of nitrogens with zero attached hydrogens (tertiary/aromatic N) is 2. The summed E-state index contributed by atoms with van der Waals surface area (Å²) in [4.78, 5) is 19.7. The first-order chi connectivity index (χ1) is 15.6. The van der Waals surface area contributed by atoms with Crippen LogP contribution in [0.4, 0.5) is 13.2 Å². The predicted molar refractivity (Wildman–Crippen MR) is 116 cm³/mol. The number of ether oxygens (including phenoxy) is 2. The quantitative estimate of drug-likeness (QED) is 0.712. The van der Waals surface area contributed by atoms with Crippen LogP contribution in [0.2, 0.25) is 0 Å². The van der Waals surface area contributed by atoms with E-state index in [4.69, 9.17) is 9.47 Å². The maximum atomic E-state index is 13.8. The number of amides is 1. The molecule has 184 valence electrons. The predicted octanol–water partition coefficient (Wildman–Crippen LogP) is 3.72. The van der Waals surface area contributed by atoms with Crippen LogP contribution in [0, 0.1) is 5.41 Å². The Morgan fingerprint density at radius 1 is 1.39 bits per heavy atom. The van der Waals surface area contributed by atoms with Crippen LogP contribution in [-0.4, -0.2) is 60.3 Å². The van der Waals surface area contributed by atoms with Gasteiger partial charge < -0.3 is 19.7 Å². The van der Waals surface area contributed by atoms with Crippen LogP contribution >= 0.6 is 0 Å². The number of hydrogen-bond acceptors (Lipinski definition) is 5. The van der Waals surface area contributed by atoms with Gasteiger partial charge in [-0.05, 0) is 43.7 Å². The SMILES string of the molecule is CCC1Cc2ncc(C(F)(F)F)cc2CN1C(=O)[C@@]1(C)CC[C@@H](N[C@H]2CCOC[C@H]2OC)C1. The number of pyridine rings is 1. The lowest BCUT2D eigenvalue weighted by atomic mass is 9.84. The molecule has 3 aliphatic rings. The Morgan fingerprint density at radius 3 is 2.88 bits per heavy atom. The van der Waals surface area contributed by atoms with Crippen molar-refractivity contribution in [3.8, 4) is 0 Å². The normalized spacial score (nSPS) is 32.6. The van der Waals surface area contributed by atoms with E-state index in [0.29, 0.717) is 37.3 Å². The molecule has 1 aromatic heterocycles. The lowest BCUT2D eigenvalue weighted by Crippen LogP contribution is -2.52. The van der Waals surface area contributed by atoms with E-state index in [2.05, 4.69) is 10.3 Å². The van der Waals surface area contributed by atoms with Crippen LogP contribution in [-0.2, 0) is 33.4 Å². The molecule has 0 aromatic carbocycles. The number of carbonyl (C=O) groups excluding carboxylic acids is 1. The molecule has 1 amide bonds. The summed E-state index contributed by atoms with van der Waals surface area (Å²) in [5.74, 6) is 0.0389. The number of carbonyl (C=O) groups is 1. The highest BCUT2D eigenvalue weighted by molar-refractivity contribution is 5.83. The highest BCUT2D eigenvalue weighted by Gasteiger charge is 2.46. The third kappa shape index (κ3) is 5.05. The van der Waals surface area contributed by atoms with Crippen molar-refractivity contribution >= 4 is 5.91 Å². The molecule has 2 aliphatic heterocycles. The molecule has 0 radical (unpaired) electrons. The molecule has 3 heterocycles. The summed E-state index contributed by atoms with van der Waals surface area (Å²) in [6, 6.07) is 1.51. The van der Waals surface area contributed by atoms with Crippen LogP contribution < -0.4 is 5.32 Å². The first kappa shape index (κ1) is 24.4. The minimum Gasteiger partial charge on any atom is -0.379 e. The van der Waals surface area contributed by atoms with Gasteiger partial charge in [-0.3, -0.25) is 9.78 Å². The molecule has 0 spiro atoms. The molecule has 33 heavy (non-hydrogen) atoms. The second-order valence-electron chi connectivity index (χ2n) is 9.94. The molecule has 1 N–H and O–H groups in total. The Kier molecular flexibility index (Phi) is 7.03. The topological polar surface area (TPSA) is 63.7 Å². The standard InChI is InChI=1S/C24H34F3N3O3/c1-4-18-10-20-15(9-16(12-28-20)24(25,26)27)13-30(18)22(31)23(2)7-5-17(11-23)29-19-6-8-33-14-21(19)32-3/h9,12,17-19,21,29H,4-8,10-11,13-14H2,1-3H3/t17-,18?,19+,21-,23+/m1/s1. The van der Waals surface area contributed by atoms with E-state index in [1.807, 2.05) is 13.8 Å². The van der Waals surface area contributed by atoms with Gasteiger partial charge in [-0.25, -0.2) is 0 Å². The smallest absolute Gasteiger partial charge is 0.379 e. The molecular formula is C24H34F3N3O3. The van der Waals surface area contributed by atoms with Gasteiger partial charge in [-0.2, -0.15) is 13.2 Å². The minimum absolute atomic E-state index is 0.000274. The number of nitrogens with one attached hydrogen (secondary N) is 1. The number of fused-ring (bicyclic) bond motifs is 1. The Bertz CT molecular complexity index is 865. The Balaban J connectivity index is 1.47. The van der Waals surface area contributed by atoms with Gasteiger partial charge in [-0.1, -0.05) is 13.8 Å². The molecule has 9 heteroatoms. The van der Waals surface area contributed by atoms with Gasteiger partial charge >= 0.3 is 6.18 Å². The summed E-state index contributed by atoms with van der Waals surface area (Å²) in [6.45, 7) is 5.46. The largest absolute Gasteiger partial charge is 0.417 e. The first-order valence-corrected chi connectivity index (χ1v) is 11.9. The number of hydrogen-bond donors (Lipinski definition) is 1. The Morgan fingerprint density at radius 2 is 2.18 bits per heavy atom. The van der Waals surface area contributed by atoms with Gasteiger partial charge in [0.05, 0.1) is 18.3 Å². The van der Waals surface area contributed by atoms with Crippen LogP contribution in [0.3, 0.4) is 0 Å². The maximum absolute atomic E-state index is 13.8. The number of rotatable bonds is 5. The van der Waals surface area contributed by atoms with E-state index >= 15 is 0 Å². The fourth-order valence-electron chi connectivity index (χ4n) is 5.62. The van der Waals surface area contributed by atoms with Crippen molar-refractivity contribution in [2.45, 2.75) is 89.3 Å². The van der Waals surface area contributed by atoms with Crippen molar-refractivity contribution in [2.24, 2.45) is 5.41 Å². The third-order valence-electron chi connectivity index (χ3n) is 7.64. The molecule has 4 rings (SSSR count). The van der Waals surface area contributed by atoms with Crippen LogP contribution in [0.1, 0.15) is 62.8 Å². The Labute approximate surface area is 193 Å². The van der Waals surface area contributed by atoms with E-state index < -0.39 is 17.2 Å². The van der Waals surface area contributed by atoms with Gasteiger partial charge in [0.1, 0.15) is 0 Å². The van der Waals surface area contributed by atoms with Crippen molar-refractivity contribution < 1.29 is 27.4 Å². The number of aromatic nitrogens is 1. The van der Waals surface area contributed by atoms with Crippen LogP contribution in [0.5, 0.6) is 0 Å². The molecule has 5 atom stereocenters. The molecule has 1 aliphatic carbocycles. The average Bonchev–Trinajstić information content (AvgIpc) is 3.18. The molecule has 6 nitrogen and oxygen atoms in total. The molecular weight excluding hydrogens is 435 g/mol. The van der Waals surface area contributed by atoms with E-state index in [0.717, 1.165) is 37.9 Å². The highest BCUT2D eigenvalue weighted by atomic mass is 19.4. The van der Waals surface area contributed by atoms with E-state index in [9.17, 15) is 18.0 Å². The van der Waals surface area contributed by atoms with Gasteiger partial charge in [0, 0.05) is 62.1 Å². The van der Waals surface area contributed by atoms with Crippen LogP contribution in [0.15, 0.2) is 12.3 Å². The molecule has 1 unspecified atom stereocenters. The molecule has 1 saturated heterocycles. The molecule has 0 bridgehead atoms. The highest BCUT2D eigenvalue weighted by Crippen LogP contribution is 2.42. The monoisotopic (exact) mass is 469 g/mol. The zero-order valence-corrected chi connectivity index (χ0v) is 19.6. The average molecular weight is 470 g/mol. The first-order valence-electron chi connectivity index (χ1n) is 11.9. The van der Waals surface area contributed by atoms with E-state index in [1.54, 1.807) is 12.0 Å². The van der Waals surface area contributed by atoms with Gasteiger partial charge in [-0.15, -0.1) is 0 Å². The Hall–Kier alpha value is -1.71. The molecule has 1 aromatic rings. The summed E-state index contributed by atoms with van der Waals surface area (Å²) in [6.07, 6.45) is 0.908. The molecule has 2 fully saturated rings. The summed E-state index contributed by atoms with van der Waals surface area (Å²) in [5, 5.41) is 3.69. The summed E-state index contributed by atoms with van der Waals surface area (Å²) >= 11 is 0. The van der Waals surface area contributed by atoms with Crippen molar-refractivity contribution in [1.29, 1.82) is 0 Å². The maximum Gasteiger partial charge on any atom is 0.417 e. The minimum atomic E-state index is -4.45. The van der Waals surface area contributed by atoms with Crippen molar-refractivity contribution in [2.75, 3.05) is 20.3 Å². The lowest BCUT2D eigenvalue weighted by molar-refractivity contribution is -0.145. The fraction of sp³-hybridized carbons (Fsp3) is 0.750. The van der Waals surface area contributed by atoms with E-state index in [-0.39, 0.29) is 36.7 Å². The number of methoxy groups -OCH3 is 1. The van der Waals surface area contributed by atoms with Crippen molar-refractivity contribution in [1.82, 2.24) is 15.2 Å². The second kappa shape index (κ2) is 9.50. The van der Waals surface area contributed by atoms with Crippen molar-refractivity contribution in [3.05, 3.63) is 29.1 Å². The zero-order chi connectivity index (χ0) is 23.8. The van der Waals surface area contributed by atoms with Gasteiger partial charge in [0.2, 0.25) is 5.91 Å². The molecule has 1 saturated carbocycles. The summed E-state index contributed by atoms with van der Waals surface area (Å²) in [7, 11) is 1.69. The van der Waals surface area contributed by atoms with Gasteiger partial charge in [0.25, 0.3) is 0 Å². The second-order valence-corrected chi connectivity index (χ2v) is 9.94. The van der Waals surface area contributed by atoms with Crippen LogP contribution in [0.25, 0.3) is 0 Å². The zero-order valence-electron chi connectivity index (χ0n) is 19.6. The number of halogens is 3. The van der Waals surface area contributed by atoms with Gasteiger partial charge in [0.15, 0.2) is 0 Å². The van der Waals surface area contributed by atoms with Crippen molar-refractivity contribution in [3.63, 3.8) is 0 Å². The summed E-state index contributed by atoms with van der Waals surface area (Å²) in [5.41, 5.74) is -0.126. The van der Waals surface area contributed by atoms with E-state index in [1.165, 1.54) is 0 Å². The third-order valence-corrected chi connectivity index (χ3v) is 7.64. The fourth-order valence-corrected chi connectivity index (χ4v) is 5.62.